The molecule has 1 aromatic rings. The van der Waals surface area contributed by atoms with Gasteiger partial charge in [-0.25, -0.2) is 0 Å². The number of nitrogens with zero attached hydrogens (tertiary/aromatic N) is 1. The highest BCUT2D eigenvalue weighted by molar-refractivity contribution is 5.94. The van der Waals surface area contributed by atoms with Gasteiger partial charge in [0.05, 0.1) is 20.1 Å². The minimum Gasteiger partial charge on any atom is -0.497 e. The van der Waals surface area contributed by atoms with Crippen LogP contribution >= 0.6 is 0 Å². The maximum Gasteiger partial charge on any atom is 0.306 e. The molecule has 1 heterocycles. The van der Waals surface area contributed by atoms with Gasteiger partial charge in [0, 0.05) is 31.1 Å². The summed E-state index contributed by atoms with van der Waals surface area (Å²) >= 11 is 0. The van der Waals surface area contributed by atoms with E-state index in [2.05, 4.69) is 5.32 Å². The topological polar surface area (TPSA) is 84.9 Å². The summed E-state index contributed by atoms with van der Waals surface area (Å²) in [6.45, 7) is 3.22. The molecule has 0 aromatic heterocycles. The fourth-order valence-corrected chi connectivity index (χ4v) is 2.91. The summed E-state index contributed by atoms with van der Waals surface area (Å²) in [6, 6.07) is 7.12. The molecule has 0 atom stereocenters. The molecule has 1 aliphatic heterocycles. The van der Waals surface area contributed by atoms with Crippen LogP contribution in [-0.2, 0) is 14.3 Å². The van der Waals surface area contributed by atoms with Crippen LogP contribution in [0.1, 0.15) is 43.0 Å². The molecule has 0 saturated carbocycles. The van der Waals surface area contributed by atoms with Crippen LogP contribution in [0.4, 0.5) is 0 Å². The summed E-state index contributed by atoms with van der Waals surface area (Å²) in [6.07, 6.45) is 1.61. The summed E-state index contributed by atoms with van der Waals surface area (Å²) in [5.74, 6) is 0.104. The largest absolute Gasteiger partial charge is 0.497 e. The molecule has 0 unspecified atom stereocenters. The quantitative estimate of drug-likeness (QED) is 0.747. The minimum absolute atomic E-state index is 0.0269. The number of amides is 2. The molecule has 2 rings (SSSR count). The van der Waals surface area contributed by atoms with Gasteiger partial charge in [-0.3, -0.25) is 14.4 Å². The molecule has 1 aromatic carbocycles. The fraction of sp³-hybridized carbons (Fsp3) is 0.526. The lowest BCUT2D eigenvalue weighted by atomic mass is 10.0. The van der Waals surface area contributed by atoms with Crippen LogP contribution in [0.5, 0.6) is 5.75 Å². The van der Waals surface area contributed by atoms with Gasteiger partial charge in [-0.15, -0.1) is 0 Å². The fourth-order valence-electron chi connectivity index (χ4n) is 2.91. The van der Waals surface area contributed by atoms with E-state index in [-0.39, 0.29) is 36.7 Å². The van der Waals surface area contributed by atoms with E-state index < -0.39 is 0 Å². The van der Waals surface area contributed by atoms with E-state index in [4.69, 9.17) is 9.47 Å². The Bertz CT molecular complexity index is 639. The molecule has 7 heteroatoms. The average Bonchev–Trinajstić information content (AvgIpc) is 2.67. The van der Waals surface area contributed by atoms with E-state index in [1.807, 2.05) is 0 Å². The molecular formula is C19H26N2O5. The second kappa shape index (κ2) is 9.79. The number of nitrogens with one attached hydrogen (secondary N) is 1. The number of likely N-dealkylation sites (tertiary alicyclic amines) is 1. The van der Waals surface area contributed by atoms with Crippen molar-refractivity contribution in [2.24, 2.45) is 0 Å². The molecule has 1 N–H and O–H groups in total. The number of ether oxygens (including phenoxy) is 2. The van der Waals surface area contributed by atoms with Crippen molar-refractivity contribution in [3.05, 3.63) is 29.8 Å². The van der Waals surface area contributed by atoms with Crippen molar-refractivity contribution >= 4 is 17.8 Å². The molecule has 0 bridgehead atoms. The molecule has 2 amide bonds. The predicted molar refractivity (Wildman–Crippen MR) is 95.9 cm³/mol. The Morgan fingerprint density at radius 1 is 1.19 bits per heavy atom. The van der Waals surface area contributed by atoms with Crippen molar-refractivity contribution in [3.8, 4) is 5.75 Å². The monoisotopic (exact) mass is 362 g/mol. The third-order valence-electron chi connectivity index (χ3n) is 4.33. The third kappa shape index (κ3) is 5.75. The molecule has 1 aliphatic rings. The highest BCUT2D eigenvalue weighted by atomic mass is 16.5. The van der Waals surface area contributed by atoms with Crippen molar-refractivity contribution in [2.45, 2.75) is 38.6 Å². The van der Waals surface area contributed by atoms with Gasteiger partial charge in [-0.05, 0) is 38.0 Å². The van der Waals surface area contributed by atoms with Crippen molar-refractivity contribution < 1.29 is 23.9 Å². The van der Waals surface area contributed by atoms with E-state index in [1.165, 1.54) is 0 Å². The van der Waals surface area contributed by atoms with E-state index in [0.29, 0.717) is 43.9 Å². The van der Waals surface area contributed by atoms with E-state index in [9.17, 15) is 14.4 Å². The second-order valence-corrected chi connectivity index (χ2v) is 6.17. The van der Waals surface area contributed by atoms with E-state index in [0.717, 1.165) is 0 Å². The Labute approximate surface area is 153 Å². The lowest BCUT2D eigenvalue weighted by molar-refractivity contribution is -0.144. The standard InChI is InChI=1S/C19H26N2O5/c1-3-26-18(23)8-7-17(22)20-15-9-11-21(12-10-15)19(24)14-5-4-6-16(13-14)25-2/h4-6,13,15H,3,7-12H2,1-2H3,(H,20,22). The normalized spacial score (nSPS) is 14.6. The first-order chi connectivity index (χ1) is 12.5. The van der Waals surface area contributed by atoms with Crippen LogP contribution in [-0.4, -0.2) is 55.5 Å². The Kier molecular flexibility index (Phi) is 7.44. The van der Waals surface area contributed by atoms with Gasteiger partial charge in [-0.2, -0.15) is 0 Å². The molecular weight excluding hydrogens is 336 g/mol. The Balaban J connectivity index is 1.76. The molecule has 1 saturated heterocycles. The van der Waals surface area contributed by atoms with Crippen LogP contribution in [0.15, 0.2) is 24.3 Å². The van der Waals surface area contributed by atoms with Gasteiger partial charge in [0.25, 0.3) is 5.91 Å². The van der Waals surface area contributed by atoms with E-state index in [1.54, 1.807) is 43.2 Å². The number of methoxy groups -OCH3 is 1. The van der Waals surface area contributed by atoms with E-state index >= 15 is 0 Å². The summed E-state index contributed by atoms with van der Waals surface area (Å²) in [4.78, 5) is 37.6. The predicted octanol–water partition coefficient (Wildman–Crippen LogP) is 1.76. The summed E-state index contributed by atoms with van der Waals surface area (Å²) in [5, 5.41) is 2.93. The van der Waals surface area contributed by atoms with Gasteiger partial charge in [0.2, 0.25) is 5.91 Å². The Hall–Kier alpha value is -2.57. The molecule has 0 aliphatic carbocycles. The maximum absolute atomic E-state index is 12.6. The van der Waals surface area contributed by atoms with Crippen LogP contribution in [0.3, 0.4) is 0 Å². The highest BCUT2D eigenvalue weighted by Gasteiger charge is 2.25. The summed E-state index contributed by atoms with van der Waals surface area (Å²) < 4.78 is 9.97. The zero-order chi connectivity index (χ0) is 18.9. The van der Waals surface area contributed by atoms with Gasteiger partial charge < -0.3 is 19.7 Å². The number of hydrogen-bond acceptors (Lipinski definition) is 5. The lowest BCUT2D eigenvalue weighted by Crippen LogP contribution is -2.46. The first-order valence-corrected chi connectivity index (χ1v) is 8.91. The highest BCUT2D eigenvalue weighted by Crippen LogP contribution is 2.18. The minimum atomic E-state index is -0.360. The van der Waals surface area contributed by atoms with Gasteiger partial charge in [0.1, 0.15) is 5.75 Å². The molecule has 0 radical (unpaired) electrons. The number of carbonyl (C=O) groups is 3. The number of rotatable bonds is 7. The molecule has 26 heavy (non-hydrogen) atoms. The lowest BCUT2D eigenvalue weighted by Gasteiger charge is -2.32. The van der Waals surface area contributed by atoms with Gasteiger partial charge in [0.15, 0.2) is 0 Å². The van der Waals surface area contributed by atoms with Crippen molar-refractivity contribution in [3.63, 3.8) is 0 Å². The third-order valence-corrected chi connectivity index (χ3v) is 4.33. The first-order valence-electron chi connectivity index (χ1n) is 8.91. The summed E-state index contributed by atoms with van der Waals surface area (Å²) in [7, 11) is 1.57. The van der Waals surface area contributed by atoms with Crippen LogP contribution in [0.2, 0.25) is 0 Å². The van der Waals surface area contributed by atoms with Crippen LogP contribution < -0.4 is 10.1 Å². The molecule has 1 fully saturated rings. The first kappa shape index (κ1) is 19.8. The van der Waals surface area contributed by atoms with Crippen molar-refractivity contribution in [2.75, 3.05) is 26.8 Å². The molecule has 142 valence electrons. The maximum atomic E-state index is 12.6. The van der Waals surface area contributed by atoms with Gasteiger partial charge in [-0.1, -0.05) is 6.07 Å². The Morgan fingerprint density at radius 3 is 2.58 bits per heavy atom. The molecule has 7 nitrogen and oxygen atoms in total. The zero-order valence-corrected chi connectivity index (χ0v) is 15.3. The zero-order valence-electron chi connectivity index (χ0n) is 15.3. The van der Waals surface area contributed by atoms with Crippen LogP contribution in [0.25, 0.3) is 0 Å². The average molecular weight is 362 g/mol. The number of benzene rings is 1. The number of esters is 1. The number of piperidine rings is 1. The smallest absolute Gasteiger partial charge is 0.306 e. The number of hydrogen-bond donors (Lipinski definition) is 1. The Morgan fingerprint density at radius 2 is 1.92 bits per heavy atom. The number of carbonyl (C=O) groups excluding carboxylic acids is 3. The van der Waals surface area contributed by atoms with Crippen molar-refractivity contribution in [1.82, 2.24) is 10.2 Å². The van der Waals surface area contributed by atoms with Crippen molar-refractivity contribution in [1.29, 1.82) is 0 Å². The van der Waals surface area contributed by atoms with Crippen LogP contribution in [0, 0.1) is 0 Å². The SMILES string of the molecule is CCOC(=O)CCC(=O)NC1CCN(C(=O)c2cccc(OC)c2)CC1. The summed E-state index contributed by atoms with van der Waals surface area (Å²) in [5.41, 5.74) is 0.598. The van der Waals surface area contributed by atoms with Gasteiger partial charge >= 0.3 is 5.97 Å². The second-order valence-electron chi connectivity index (χ2n) is 6.17. The molecule has 0 spiro atoms.